The van der Waals surface area contributed by atoms with Gasteiger partial charge in [-0.05, 0) is 35.8 Å². The van der Waals surface area contributed by atoms with Crippen LogP contribution in [0.5, 0.6) is 11.5 Å². The van der Waals surface area contributed by atoms with Crippen molar-refractivity contribution in [3.63, 3.8) is 0 Å². The van der Waals surface area contributed by atoms with E-state index in [1.807, 2.05) is 6.07 Å². The first-order valence-corrected chi connectivity index (χ1v) is 8.28. The standard InChI is InChI=1S/C19H19NO7/c1-4-9-25-27-19(22)20-8-7-12-10-15(23-2)16(24-3)11-13(12)18(20)14-5-6-17(21)26-14/h5-6,10-11,14,18H,7-8H2,1-3H3. The van der Waals surface area contributed by atoms with E-state index in [9.17, 15) is 9.59 Å². The molecule has 8 heteroatoms. The summed E-state index contributed by atoms with van der Waals surface area (Å²) in [4.78, 5) is 34.9. The topological polar surface area (TPSA) is 83.5 Å². The van der Waals surface area contributed by atoms with Gasteiger partial charge in [0.05, 0.1) is 14.2 Å². The van der Waals surface area contributed by atoms with Crippen molar-refractivity contribution in [1.82, 2.24) is 4.90 Å². The van der Waals surface area contributed by atoms with Crippen molar-refractivity contribution in [1.29, 1.82) is 0 Å². The number of hydrogen-bond donors (Lipinski definition) is 0. The number of cyclic esters (lactones) is 1. The van der Waals surface area contributed by atoms with Gasteiger partial charge in [0, 0.05) is 19.5 Å². The maximum atomic E-state index is 12.5. The van der Waals surface area contributed by atoms with Gasteiger partial charge in [-0.2, -0.15) is 0 Å². The van der Waals surface area contributed by atoms with E-state index in [0.717, 1.165) is 11.1 Å². The number of benzene rings is 1. The molecule has 0 aromatic heterocycles. The van der Waals surface area contributed by atoms with Gasteiger partial charge in [-0.15, -0.1) is 0 Å². The predicted octanol–water partition coefficient (Wildman–Crippen LogP) is 2.13. The fourth-order valence-corrected chi connectivity index (χ4v) is 3.24. The summed E-state index contributed by atoms with van der Waals surface area (Å²) in [5.74, 6) is 3.10. The summed E-state index contributed by atoms with van der Waals surface area (Å²) < 4.78 is 16.1. The molecule has 0 N–H and O–H groups in total. The third-order valence-electron chi connectivity index (χ3n) is 4.40. The lowest BCUT2D eigenvalue weighted by Gasteiger charge is -2.38. The number of esters is 1. The number of amides is 1. The number of hydrogen-bond acceptors (Lipinski definition) is 7. The van der Waals surface area contributed by atoms with E-state index in [2.05, 4.69) is 16.9 Å². The molecule has 8 nitrogen and oxygen atoms in total. The summed E-state index contributed by atoms with van der Waals surface area (Å²) in [6, 6.07) is 3.05. The summed E-state index contributed by atoms with van der Waals surface area (Å²) in [7, 11) is 3.09. The highest BCUT2D eigenvalue weighted by atomic mass is 17.2. The first kappa shape index (κ1) is 18.5. The summed E-state index contributed by atoms with van der Waals surface area (Å²) in [5, 5.41) is 0. The van der Waals surface area contributed by atoms with Crippen LogP contribution >= 0.6 is 0 Å². The summed E-state index contributed by atoms with van der Waals surface area (Å²) in [6.45, 7) is 1.90. The Kier molecular flexibility index (Phi) is 5.41. The van der Waals surface area contributed by atoms with E-state index < -0.39 is 24.2 Å². The number of carbonyl (C=O) groups excluding carboxylic acids is 2. The normalized spacial score (nSPS) is 20.1. The number of carbonyl (C=O) groups is 2. The van der Waals surface area contributed by atoms with Crippen molar-refractivity contribution in [3.05, 3.63) is 35.4 Å². The highest BCUT2D eigenvalue weighted by Crippen LogP contribution is 2.41. The second-order valence-corrected chi connectivity index (χ2v) is 5.84. The number of ether oxygens (including phenoxy) is 3. The zero-order chi connectivity index (χ0) is 19.4. The molecule has 0 saturated heterocycles. The lowest BCUT2D eigenvalue weighted by Crippen LogP contribution is -2.45. The zero-order valence-corrected chi connectivity index (χ0v) is 15.2. The van der Waals surface area contributed by atoms with Crippen LogP contribution in [0.1, 0.15) is 24.1 Å². The van der Waals surface area contributed by atoms with Gasteiger partial charge in [-0.25, -0.2) is 19.4 Å². The molecule has 2 unspecified atom stereocenters. The Hall–Kier alpha value is -3.34. The molecule has 1 aromatic carbocycles. The van der Waals surface area contributed by atoms with Gasteiger partial charge in [-0.3, -0.25) is 4.90 Å². The Morgan fingerprint density at radius 1 is 1.26 bits per heavy atom. The summed E-state index contributed by atoms with van der Waals surface area (Å²) >= 11 is 0. The van der Waals surface area contributed by atoms with E-state index in [0.29, 0.717) is 24.5 Å². The van der Waals surface area contributed by atoms with Crippen molar-refractivity contribution < 1.29 is 33.6 Å². The van der Waals surface area contributed by atoms with Crippen LogP contribution in [0.15, 0.2) is 24.3 Å². The Balaban J connectivity index is 1.99. The van der Waals surface area contributed by atoms with Gasteiger partial charge in [-0.1, -0.05) is 5.92 Å². The fraction of sp³-hybridized carbons (Fsp3) is 0.368. The van der Waals surface area contributed by atoms with Gasteiger partial charge in [0.25, 0.3) is 0 Å². The van der Waals surface area contributed by atoms with Crippen molar-refractivity contribution >= 4 is 12.1 Å². The van der Waals surface area contributed by atoms with Crippen molar-refractivity contribution in [3.8, 4) is 23.5 Å². The van der Waals surface area contributed by atoms with E-state index in [1.54, 1.807) is 26.2 Å². The van der Waals surface area contributed by atoms with Gasteiger partial charge < -0.3 is 14.2 Å². The van der Waals surface area contributed by atoms with Crippen LogP contribution in [0.4, 0.5) is 4.79 Å². The monoisotopic (exact) mass is 373 g/mol. The van der Waals surface area contributed by atoms with E-state index in [-0.39, 0.29) is 0 Å². The number of methoxy groups -OCH3 is 2. The largest absolute Gasteiger partial charge is 0.493 e. The third-order valence-corrected chi connectivity index (χ3v) is 4.40. The zero-order valence-electron chi connectivity index (χ0n) is 15.2. The van der Waals surface area contributed by atoms with E-state index in [4.69, 9.17) is 19.1 Å². The molecule has 0 bridgehead atoms. The maximum absolute atomic E-state index is 12.5. The minimum Gasteiger partial charge on any atom is -0.493 e. The average molecular weight is 373 g/mol. The molecule has 0 spiro atoms. The third kappa shape index (κ3) is 3.62. The minimum absolute atomic E-state index is 0.344. The highest BCUT2D eigenvalue weighted by molar-refractivity contribution is 5.84. The van der Waals surface area contributed by atoms with Crippen LogP contribution in [-0.4, -0.2) is 43.8 Å². The fourth-order valence-electron chi connectivity index (χ4n) is 3.24. The van der Waals surface area contributed by atoms with Crippen molar-refractivity contribution in [2.45, 2.75) is 25.5 Å². The molecule has 2 heterocycles. The Morgan fingerprint density at radius 3 is 2.63 bits per heavy atom. The molecule has 2 atom stereocenters. The van der Waals surface area contributed by atoms with Gasteiger partial charge >= 0.3 is 12.1 Å². The number of nitrogens with zero attached hydrogens (tertiary/aromatic N) is 1. The minimum atomic E-state index is -0.723. The van der Waals surface area contributed by atoms with E-state index >= 15 is 0 Å². The van der Waals surface area contributed by atoms with Crippen molar-refractivity contribution in [2.24, 2.45) is 0 Å². The van der Waals surface area contributed by atoms with Crippen LogP contribution in [-0.2, 0) is 25.7 Å². The molecule has 2 aliphatic heterocycles. The van der Waals surface area contributed by atoms with Crippen LogP contribution in [0.25, 0.3) is 0 Å². The Labute approximate surface area is 156 Å². The number of rotatable bonds is 4. The molecule has 1 amide bonds. The molecule has 3 rings (SSSR count). The predicted molar refractivity (Wildman–Crippen MR) is 92.7 cm³/mol. The Bertz CT molecular complexity index is 836. The molecule has 1 aromatic rings. The van der Waals surface area contributed by atoms with Gasteiger partial charge in [0.2, 0.25) is 0 Å². The average Bonchev–Trinajstić information content (AvgIpc) is 3.11. The van der Waals surface area contributed by atoms with Crippen LogP contribution < -0.4 is 9.47 Å². The molecule has 2 aliphatic rings. The van der Waals surface area contributed by atoms with Crippen LogP contribution in [0, 0.1) is 12.0 Å². The van der Waals surface area contributed by atoms with E-state index in [1.165, 1.54) is 18.1 Å². The molecular weight excluding hydrogens is 354 g/mol. The summed E-state index contributed by atoms with van der Waals surface area (Å²) in [5.41, 5.74) is 1.74. The van der Waals surface area contributed by atoms with Gasteiger partial charge in [0.15, 0.2) is 17.6 Å². The lowest BCUT2D eigenvalue weighted by molar-refractivity contribution is -0.188. The Morgan fingerprint density at radius 2 is 2.00 bits per heavy atom. The quantitative estimate of drug-likeness (QED) is 0.346. The summed E-state index contributed by atoms with van der Waals surface area (Å²) in [6.07, 6.45) is 4.34. The molecule has 0 aliphatic carbocycles. The molecule has 0 saturated carbocycles. The maximum Gasteiger partial charge on any atom is 0.454 e. The SMILES string of the molecule is CC#COOC(=O)N1CCc2cc(OC)c(OC)cc2C1C1C=CC(=O)O1. The van der Waals surface area contributed by atoms with Crippen LogP contribution in [0.3, 0.4) is 0 Å². The molecule has 27 heavy (non-hydrogen) atoms. The number of fused-ring (bicyclic) bond motifs is 1. The second kappa shape index (κ2) is 7.91. The molecular formula is C19H19NO7. The molecule has 142 valence electrons. The first-order valence-electron chi connectivity index (χ1n) is 8.28. The first-order chi connectivity index (χ1) is 13.1. The van der Waals surface area contributed by atoms with Crippen LogP contribution in [0.2, 0.25) is 0 Å². The van der Waals surface area contributed by atoms with Crippen molar-refractivity contribution in [2.75, 3.05) is 20.8 Å². The smallest absolute Gasteiger partial charge is 0.454 e. The lowest BCUT2D eigenvalue weighted by atomic mass is 9.89. The molecule has 0 radical (unpaired) electrons. The second-order valence-electron chi connectivity index (χ2n) is 5.84. The van der Waals surface area contributed by atoms with Gasteiger partial charge in [0.1, 0.15) is 12.1 Å². The molecule has 0 fully saturated rings. The highest BCUT2D eigenvalue weighted by Gasteiger charge is 2.41.